The molecule has 0 bridgehead atoms. The van der Waals surface area contributed by atoms with Crippen LogP contribution in [0, 0.1) is 0 Å². The smallest absolute Gasteiger partial charge is 0.271 e. The van der Waals surface area contributed by atoms with E-state index in [9.17, 15) is 4.79 Å². The molecule has 22 heavy (non-hydrogen) atoms. The summed E-state index contributed by atoms with van der Waals surface area (Å²) in [6.07, 6.45) is 3.57. The summed E-state index contributed by atoms with van der Waals surface area (Å²) in [5.41, 5.74) is 0.205. The van der Waals surface area contributed by atoms with E-state index >= 15 is 0 Å². The number of nitrogens with zero attached hydrogens (tertiary/aromatic N) is 3. The molecule has 1 atom stereocenters. The second-order valence-electron chi connectivity index (χ2n) is 5.31. The summed E-state index contributed by atoms with van der Waals surface area (Å²) < 4.78 is 10.8. The van der Waals surface area contributed by atoms with E-state index in [-0.39, 0.29) is 22.7 Å². The molecule has 2 fully saturated rings. The molecular formula is C14H19ClN4O3. The lowest BCUT2D eigenvalue weighted by Crippen LogP contribution is -2.38. The Hall–Kier alpha value is -1.44. The minimum atomic E-state index is -0.294. The lowest BCUT2D eigenvalue weighted by molar-refractivity contribution is 0.0853. The van der Waals surface area contributed by atoms with Crippen LogP contribution in [0.3, 0.4) is 0 Å². The fourth-order valence-electron chi connectivity index (χ4n) is 2.53. The normalized spacial score (nSPS) is 21.9. The predicted octanol–water partition coefficient (Wildman–Crippen LogP) is 0.875. The molecule has 3 rings (SSSR count). The first-order valence-corrected chi connectivity index (χ1v) is 7.87. The maximum absolute atomic E-state index is 12.3. The number of aromatic nitrogens is 2. The number of hydrogen-bond donors (Lipinski definition) is 1. The van der Waals surface area contributed by atoms with Crippen molar-refractivity contribution in [1.82, 2.24) is 15.3 Å². The summed E-state index contributed by atoms with van der Waals surface area (Å²) in [7, 11) is 0. The molecule has 0 aliphatic carbocycles. The maximum atomic E-state index is 12.3. The van der Waals surface area contributed by atoms with E-state index in [2.05, 4.69) is 15.3 Å². The highest BCUT2D eigenvalue weighted by atomic mass is 35.5. The van der Waals surface area contributed by atoms with Crippen LogP contribution < -0.4 is 10.2 Å². The monoisotopic (exact) mass is 326 g/mol. The van der Waals surface area contributed by atoms with Crippen molar-refractivity contribution in [3.05, 3.63) is 16.9 Å². The van der Waals surface area contributed by atoms with Gasteiger partial charge in [0, 0.05) is 26.2 Å². The molecule has 1 amide bonds. The molecule has 0 radical (unpaired) electrons. The summed E-state index contributed by atoms with van der Waals surface area (Å²) in [5, 5.41) is 3.08. The first-order valence-electron chi connectivity index (χ1n) is 7.49. The van der Waals surface area contributed by atoms with Crippen molar-refractivity contribution in [2.24, 2.45) is 0 Å². The number of amides is 1. The van der Waals surface area contributed by atoms with Gasteiger partial charge in [0.15, 0.2) is 5.69 Å². The van der Waals surface area contributed by atoms with Crippen molar-refractivity contribution in [3.63, 3.8) is 0 Å². The van der Waals surface area contributed by atoms with E-state index in [1.54, 1.807) is 0 Å². The Morgan fingerprint density at radius 1 is 1.41 bits per heavy atom. The molecule has 7 nitrogen and oxygen atoms in total. The summed E-state index contributed by atoms with van der Waals surface area (Å²) in [6.45, 7) is 3.91. The van der Waals surface area contributed by atoms with Crippen LogP contribution >= 0.6 is 11.6 Å². The number of rotatable bonds is 4. The second-order valence-corrected chi connectivity index (χ2v) is 5.72. The molecule has 0 saturated carbocycles. The van der Waals surface area contributed by atoms with E-state index in [1.807, 2.05) is 4.90 Å². The minimum absolute atomic E-state index is 0.0864. The minimum Gasteiger partial charge on any atom is -0.378 e. The number of anilines is 1. The highest BCUT2D eigenvalue weighted by molar-refractivity contribution is 6.33. The molecule has 0 unspecified atom stereocenters. The highest BCUT2D eigenvalue weighted by Crippen LogP contribution is 2.18. The first kappa shape index (κ1) is 15.5. The Kier molecular flexibility index (Phi) is 5.07. The van der Waals surface area contributed by atoms with Crippen molar-refractivity contribution in [2.75, 3.05) is 44.4 Å². The molecule has 2 aliphatic rings. The van der Waals surface area contributed by atoms with E-state index < -0.39 is 0 Å². The van der Waals surface area contributed by atoms with Crippen molar-refractivity contribution >= 4 is 23.5 Å². The van der Waals surface area contributed by atoms with Crippen LogP contribution in [0.5, 0.6) is 0 Å². The van der Waals surface area contributed by atoms with Gasteiger partial charge in [-0.1, -0.05) is 11.6 Å². The van der Waals surface area contributed by atoms with Crippen molar-refractivity contribution in [1.29, 1.82) is 0 Å². The molecule has 8 heteroatoms. The van der Waals surface area contributed by atoms with Crippen LogP contribution in [0.4, 0.5) is 5.95 Å². The van der Waals surface area contributed by atoms with Crippen molar-refractivity contribution in [2.45, 2.75) is 18.9 Å². The lowest BCUT2D eigenvalue weighted by atomic mass is 10.2. The van der Waals surface area contributed by atoms with Gasteiger partial charge in [-0.15, -0.1) is 0 Å². The van der Waals surface area contributed by atoms with Gasteiger partial charge in [0.05, 0.1) is 30.5 Å². The third-order valence-electron chi connectivity index (χ3n) is 3.75. The Balaban J connectivity index is 1.66. The van der Waals surface area contributed by atoms with Crippen LogP contribution in [-0.2, 0) is 9.47 Å². The van der Waals surface area contributed by atoms with E-state index in [0.29, 0.717) is 38.8 Å². The third-order valence-corrected chi connectivity index (χ3v) is 4.03. The van der Waals surface area contributed by atoms with E-state index in [1.165, 1.54) is 6.20 Å². The van der Waals surface area contributed by atoms with Gasteiger partial charge in [-0.25, -0.2) is 9.97 Å². The second kappa shape index (κ2) is 7.21. The molecule has 3 heterocycles. The van der Waals surface area contributed by atoms with Gasteiger partial charge in [0.1, 0.15) is 0 Å². The molecule has 0 aromatic carbocycles. The van der Waals surface area contributed by atoms with Gasteiger partial charge in [0.2, 0.25) is 5.95 Å². The largest absolute Gasteiger partial charge is 0.378 e. The number of nitrogens with one attached hydrogen (secondary N) is 1. The van der Waals surface area contributed by atoms with Crippen molar-refractivity contribution < 1.29 is 14.3 Å². The summed E-state index contributed by atoms with van der Waals surface area (Å²) in [4.78, 5) is 22.8. The molecule has 1 aromatic heterocycles. The van der Waals surface area contributed by atoms with Crippen LogP contribution in [0.1, 0.15) is 23.3 Å². The molecule has 2 aliphatic heterocycles. The zero-order chi connectivity index (χ0) is 15.4. The molecule has 2 saturated heterocycles. The SMILES string of the molecule is O=C(NC[C@H]1CCCO1)c1nc(N2CCOCC2)ncc1Cl. The predicted molar refractivity (Wildman–Crippen MR) is 81.4 cm³/mol. The molecule has 1 N–H and O–H groups in total. The van der Waals surface area contributed by atoms with Crippen LogP contribution in [0.2, 0.25) is 5.02 Å². The Bertz CT molecular complexity index is 531. The first-order chi connectivity index (χ1) is 10.7. The zero-order valence-electron chi connectivity index (χ0n) is 12.3. The highest BCUT2D eigenvalue weighted by Gasteiger charge is 2.21. The van der Waals surface area contributed by atoms with Gasteiger partial charge in [-0.2, -0.15) is 0 Å². The fraction of sp³-hybridized carbons (Fsp3) is 0.643. The Morgan fingerprint density at radius 2 is 2.23 bits per heavy atom. The Labute approximate surface area is 134 Å². The maximum Gasteiger partial charge on any atom is 0.271 e. The van der Waals surface area contributed by atoms with Gasteiger partial charge in [0.25, 0.3) is 5.91 Å². The topological polar surface area (TPSA) is 76.6 Å². The van der Waals surface area contributed by atoms with Crippen LogP contribution in [0.15, 0.2) is 6.20 Å². The van der Waals surface area contributed by atoms with E-state index in [0.717, 1.165) is 19.4 Å². The van der Waals surface area contributed by atoms with Crippen LogP contribution in [-0.4, -0.2) is 61.4 Å². The van der Waals surface area contributed by atoms with Gasteiger partial charge in [-0.05, 0) is 12.8 Å². The molecule has 120 valence electrons. The van der Waals surface area contributed by atoms with E-state index in [4.69, 9.17) is 21.1 Å². The third kappa shape index (κ3) is 3.66. The standard InChI is InChI=1S/C14H19ClN4O3/c15-11-9-17-14(19-3-6-21-7-4-19)18-12(11)13(20)16-8-10-2-1-5-22-10/h9-10H,1-8H2,(H,16,20)/t10-/m1/s1. The van der Waals surface area contributed by atoms with Gasteiger partial charge < -0.3 is 19.7 Å². The van der Waals surface area contributed by atoms with Gasteiger partial charge >= 0.3 is 0 Å². The summed E-state index contributed by atoms with van der Waals surface area (Å²) in [6, 6.07) is 0. The number of morpholine rings is 1. The lowest BCUT2D eigenvalue weighted by Gasteiger charge is -2.26. The number of carbonyl (C=O) groups excluding carboxylic acids is 1. The van der Waals surface area contributed by atoms with Crippen molar-refractivity contribution in [3.8, 4) is 0 Å². The Morgan fingerprint density at radius 3 is 2.95 bits per heavy atom. The fourth-order valence-corrected chi connectivity index (χ4v) is 2.71. The summed E-state index contributed by atoms with van der Waals surface area (Å²) >= 11 is 6.07. The van der Waals surface area contributed by atoms with Gasteiger partial charge in [-0.3, -0.25) is 4.79 Å². The number of ether oxygens (including phenoxy) is 2. The van der Waals surface area contributed by atoms with Crippen LogP contribution in [0.25, 0.3) is 0 Å². The molecule has 1 aromatic rings. The quantitative estimate of drug-likeness (QED) is 0.885. The number of halogens is 1. The number of carbonyl (C=O) groups is 1. The summed E-state index contributed by atoms with van der Waals surface area (Å²) in [5.74, 6) is 0.215. The average Bonchev–Trinajstić information content (AvgIpc) is 3.07. The number of hydrogen-bond acceptors (Lipinski definition) is 6. The molecular weight excluding hydrogens is 308 g/mol. The average molecular weight is 327 g/mol. The zero-order valence-corrected chi connectivity index (χ0v) is 13.0. The molecule has 0 spiro atoms.